The van der Waals surface area contributed by atoms with E-state index < -0.39 is 6.10 Å². The van der Waals surface area contributed by atoms with E-state index >= 15 is 0 Å². The van der Waals surface area contributed by atoms with Crippen molar-refractivity contribution >= 4 is 49.5 Å². The van der Waals surface area contributed by atoms with Crippen LogP contribution < -0.4 is 5.32 Å². The molecule has 3 heterocycles. The zero-order valence-electron chi connectivity index (χ0n) is 15.6. The SMILES string of the molecule is O=C1NCc2c1c1c3ccccc3n(CC(O)CO)c1c1[nH]c3ccccc3c21. The molecule has 1 unspecified atom stereocenters. The van der Waals surface area contributed by atoms with Crippen molar-refractivity contribution in [1.82, 2.24) is 14.9 Å². The molecule has 1 atom stereocenters. The van der Waals surface area contributed by atoms with Crippen molar-refractivity contribution < 1.29 is 15.0 Å². The Morgan fingerprint density at radius 1 is 1.03 bits per heavy atom. The molecular formula is C23H19N3O3. The summed E-state index contributed by atoms with van der Waals surface area (Å²) in [5, 5.41) is 26.7. The lowest BCUT2D eigenvalue weighted by Crippen LogP contribution is -2.19. The van der Waals surface area contributed by atoms with Gasteiger partial charge in [-0.1, -0.05) is 36.4 Å². The Hall–Kier alpha value is -3.35. The Kier molecular flexibility index (Phi) is 3.33. The van der Waals surface area contributed by atoms with Gasteiger partial charge >= 0.3 is 0 Å². The van der Waals surface area contributed by atoms with Gasteiger partial charge in [-0.05, 0) is 17.7 Å². The Morgan fingerprint density at radius 3 is 2.62 bits per heavy atom. The van der Waals surface area contributed by atoms with Gasteiger partial charge in [0.2, 0.25) is 0 Å². The van der Waals surface area contributed by atoms with E-state index in [1.54, 1.807) is 0 Å². The summed E-state index contributed by atoms with van der Waals surface area (Å²) in [6.07, 6.45) is -0.893. The number of hydrogen-bond acceptors (Lipinski definition) is 3. The minimum atomic E-state index is -0.893. The van der Waals surface area contributed by atoms with Gasteiger partial charge in [0.15, 0.2) is 0 Å². The molecule has 2 aromatic heterocycles. The summed E-state index contributed by atoms with van der Waals surface area (Å²) in [4.78, 5) is 16.4. The Bertz CT molecular complexity index is 1460. The number of carbonyl (C=O) groups is 1. The highest BCUT2D eigenvalue weighted by Gasteiger charge is 2.30. The average molecular weight is 385 g/mol. The third-order valence-corrected chi connectivity index (χ3v) is 6.02. The van der Waals surface area contributed by atoms with Crippen LogP contribution in [0.4, 0.5) is 0 Å². The van der Waals surface area contributed by atoms with Gasteiger partial charge in [-0.25, -0.2) is 0 Å². The van der Waals surface area contributed by atoms with E-state index in [0.29, 0.717) is 12.1 Å². The molecule has 3 aromatic carbocycles. The second kappa shape index (κ2) is 5.83. The number of amides is 1. The Labute approximate surface area is 165 Å². The standard InChI is InChI=1S/C23H19N3O3/c27-11-12(28)10-26-17-8-4-2-6-14(17)19-20-15(9-24-23(20)29)18-13-5-1-3-7-16(13)25-21(18)22(19)26/h1-8,12,25,27-28H,9-11H2,(H,24,29). The first kappa shape index (κ1) is 16.6. The van der Waals surface area contributed by atoms with Crippen molar-refractivity contribution in [1.29, 1.82) is 0 Å². The molecule has 6 nitrogen and oxygen atoms in total. The van der Waals surface area contributed by atoms with Crippen molar-refractivity contribution in [3.05, 3.63) is 59.7 Å². The molecular weight excluding hydrogens is 366 g/mol. The number of aromatic nitrogens is 2. The lowest BCUT2D eigenvalue weighted by atomic mass is 9.97. The summed E-state index contributed by atoms with van der Waals surface area (Å²) in [6, 6.07) is 16.0. The van der Waals surface area contributed by atoms with E-state index in [0.717, 1.165) is 49.2 Å². The summed E-state index contributed by atoms with van der Waals surface area (Å²) < 4.78 is 2.02. The molecule has 0 fully saturated rings. The molecule has 0 radical (unpaired) electrons. The van der Waals surface area contributed by atoms with Gasteiger partial charge in [-0.15, -0.1) is 0 Å². The number of nitrogens with one attached hydrogen (secondary N) is 2. The van der Waals surface area contributed by atoms with Crippen molar-refractivity contribution in [3.63, 3.8) is 0 Å². The van der Waals surface area contributed by atoms with Crippen LogP contribution in [0.2, 0.25) is 0 Å². The minimum absolute atomic E-state index is 0.0669. The molecule has 0 bridgehead atoms. The summed E-state index contributed by atoms with van der Waals surface area (Å²) in [7, 11) is 0. The maximum atomic E-state index is 12.9. The Morgan fingerprint density at radius 2 is 1.79 bits per heavy atom. The van der Waals surface area contributed by atoms with Crippen LogP contribution in [0.25, 0.3) is 43.6 Å². The van der Waals surface area contributed by atoms with E-state index in [-0.39, 0.29) is 19.1 Å². The molecule has 6 heteroatoms. The molecule has 6 rings (SSSR count). The molecule has 0 saturated carbocycles. The molecule has 1 aliphatic rings. The van der Waals surface area contributed by atoms with Crippen molar-refractivity contribution in [3.8, 4) is 0 Å². The van der Waals surface area contributed by atoms with Gasteiger partial charge in [0.05, 0.1) is 35.9 Å². The fraction of sp³-hybridized carbons (Fsp3) is 0.174. The van der Waals surface area contributed by atoms with E-state index in [1.165, 1.54) is 0 Å². The molecule has 4 N–H and O–H groups in total. The van der Waals surface area contributed by atoms with E-state index in [2.05, 4.69) is 16.4 Å². The molecule has 0 saturated heterocycles. The van der Waals surface area contributed by atoms with Crippen molar-refractivity contribution in [2.45, 2.75) is 19.2 Å². The number of fused-ring (bicyclic) bond motifs is 10. The number of hydrogen-bond donors (Lipinski definition) is 4. The fourth-order valence-electron chi connectivity index (χ4n) is 4.87. The molecule has 1 aliphatic heterocycles. The smallest absolute Gasteiger partial charge is 0.252 e. The quantitative estimate of drug-likeness (QED) is 0.385. The van der Waals surface area contributed by atoms with Crippen LogP contribution in [0.3, 0.4) is 0 Å². The van der Waals surface area contributed by atoms with E-state index in [1.807, 2.05) is 47.0 Å². The Balaban J connectivity index is 1.92. The monoisotopic (exact) mass is 385 g/mol. The van der Waals surface area contributed by atoms with Gasteiger partial charge in [0, 0.05) is 39.1 Å². The van der Waals surface area contributed by atoms with Crippen LogP contribution >= 0.6 is 0 Å². The first-order valence-corrected chi connectivity index (χ1v) is 9.72. The molecule has 0 aliphatic carbocycles. The molecule has 1 amide bonds. The molecule has 29 heavy (non-hydrogen) atoms. The summed E-state index contributed by atoms with van der Waals surface area (Å²) >= 11 is 0. The predicted molar refractivity (Wildman–Crippen MR) is 113 cm³/mol. The summed E-state index contributed by atoms with van der Waals surface area (Å²) in [6.45, 7) is 0.419. The second-order valence-electron chi connectivity index (χ2n) is 7.64. The lowest BCUT2D eigenvalue weighted by molar-refractivity contribution is 0.0831. The number of carbonyl (C=O) groups excluding carboxylic acids is 1. The van der Waals surface area contributed by atoms with Crippen LogP contribution in [-0.2, 0) is 13.1 Å². The predicted octanol–water partition coefficient (Wildman–Crippen LogP) is 3.03. The highest BCUT2D eigenvalue weighted by molar-refractivity contribution is 6.30. The lowest BCUT2D eigenvalue weighted by Gasteiger charge is -2.13. The number of para-hydroxylation sites is 2. The van der Waals surface area contributed by atoms with Gasteiger partial charge < -0.3 is 25.1 Å². The normalized spacial score (nSPS) is 14.9. The number of aliphatic hydroxyl groups excluding tert-OH is 2. The van der Waals surface area contributed by atoms with Crippen LogP contribution in [0.1, 0.15) is 15.9 Å². The molecule has 144 valence electrons. The largest absolute Gasteiger partial charge is 0.394 e. The second-order valence-corrected chi connectivity index (χ2v) is 7.64. The summed E-state index contributed by atoms with van der Waals surface area (Å²) in [5.41, 5.74) is 5.52. The van der Waals surface area contributed by atoms with Crippen LogP contribution in [0, 0.1) is 0 Å². The van der Waals surface area contributed by atoms with Gasteiger partial charge in [-0.2, -0.15) is 0 Å². The number of rotatable bonds is 3. The average Bonchev–Trinajstić information content (AvgIpc) is 3.40. The molecule has 0 spiro atoms. The fourth-order valence-corrected chi connectivity index (χ4v) is 4.87. The minimum Gasteiger partial charge on any atom is -0.394 e. The van der Waals surface area contributed by atoms with Gasteiger partial charge in [-0.3, -0.25) is 4.79 Å². The van der Waals surface area contributed by atoms with Crippen molar-refractivity contribution in [2.24, 2.45) is 0 Å². The highest BCUT2D eigenvalue weighted by Crippen LogP contribution is 2.43. The number of aromatic amines is 1. The van der Waals surface area contributed by atoms with E-state index in [9.17, 15) is 15.0 Å². The zero-order valence-corrected chi connectivity index (χ0v) is 15.6. The van der Waals surface area contributed by atoms with Crippen LogP contribution in [-0.4, -0.2) is 38.4 Å². The highest BCUT2D eigenvalue weighted by atomic mass is 16.3. The van der Waals surface area contributed by atoms with E-state index in [4.69, 9.17) is 0 Å². The number of H-pyrrole nitrogens is 1. The molecule has 5 aromatic rings. The summed E-state index contributed by atoms with van der Waals surface area (Å²) in [5.74, 6) is -0.0669. The first-order chi connectivity index (χ1) is 14.2. The first-order valence-electron chi connectivity index (χ1n) is 9.72. The topological polar surface area (TPSA) is 90.3 Å². The number of benzene rings is 3. The zero-order chi connectivity index (χ0) is 19.7. The number of nitrogens with zero attached hydrogens (tertiary/aromatic N) is 1. The maximum absolute atomic E-state index is 12.9. The number of aliphatic hydroxyl groups is 2. The van der Waals surface area contributed by atoms with Gasteiger partial charge in [0.25, 0.3) is 5.91 Å². The van der Waals surface area contributed by atoms with Crippen molar-refractivity contribution in [2.75, 3.05) is 6.61 Å². The van der Waals surface area contributed by atoms with Gasteiger partial charge in [0.1, 0.15) is 0 Å². The third-order valence-electron chi connectivity index (χ3n) is 6.02. The van der Waals surface area contributed by atoms with Crippen LogP contribution in [0.5, 0.6) is 0 Å². The van der Waals surface area contributed by atoms with Crippen LogP contribution in [0.15, 0.2) is 48.5 Å². The maximum Gasteiger partial charge on any atom is 0.252 e. The third kappa shape index (κ3) is 2.10.